The van der Waals surface area contributed by atoms with Gasteiger partial charge in [-0.05, 0) is 38.4 Å². The van der Waals surface area contributed by atoms with E-state index in [1.165, 1.54) is 6.07 Å². The molecule has 0 bridgehead atoms. The van der Waals surface area contributed by atoms with Crippen LogP contribution in [0.1, 0.15) is 25.3 Å². The quantitative estimate of drug-likeness (QED) is 0.819. The van der Waals surface area contributed by atoms with Crippen LogP contribution in [0.15, 0.2) is 33.6 Å². The van der Waals surface area contributed by atoms with E-state index in [0.29, 0.717) is 11.4 Å². The Balaban J connectivity index is 1.69. The number of fused-ring (bicyclic) bond motifs is 1. The van der Waals surface area contributed by atoms with E-state index in [4.69, 9.17) is 0 Å². The number of nitrogens with one attached hydrogen (secondary N) is 2. The summed E-state index contributed by atoms with van der Waals surface area (Å²) in [4.78, 5) is 14.1. The van der Waals surface area contributed by atoms with Crippen LogP contribution < -0.4 is 10.6 Å². The Bertz CT molecular complexity index is 775. The monoisotopic (exact) mass is 350 g/mol. The molecule has 1 aromatic carbocycles. The molecule has 2 unspecified atom stereocenters. The number of carbonyl (C=O) groups is 1. The second-order valence-electron chi connectivity index (χ2n) is 6.30. The normalized spacial score (nSPS) is 24.8. The van der Waals surface area contributed by atoms with Gasteiger partial charge in [0.2, 0.25) is 5.91 Å². The van der Waals surface area contributed by atoms with Gasteiger partial charge in [0.05, 0.1) is 6.54 Å². The van der Waals surface area contributed by atoms with E-state index in [9.17, 15) is 13.2 Å². The molecular weight excluding hydrogens is 328 g/mol. The standard InChI is InChI=1S/C16H22N4O3S/c1-11-13(7-5-9-17-11)18-15(21)10-20(2)16-12-6-3-4-8-14(12)24(22,23)19-16/h3-4,6,8,11,13,17H,5,7,9-10H2,1-2H3,(H,18,21). The van der Waals surface area contributed by atoms with Crippen molar-refractivity contribution >= 4 is 21.8 Å². The molecule has 8 heteroatoms. The Labute approximate surface area is 142 Å². The average Bonchev–Trinajstić information content (AvgIpc) is 2.82. The zero-order valence-electron chi connectivity index (χ0n) is 13.8. The first-order valence-corrected chi connectivity index (χ1v) is 9.51. The first-order valence-electron chi connectivity index (χ1n) is 8.07. The maximum atomic E-state index is 12.3. The minimum Gasteiger partial charge on any atom is -0.350 e. The Morgan fingerprint density at radius 1 is 1.42 bits per heavy atom. The van der Waals surface area contributed by atoms with Crippen LogP contribution in [0.4, 0.5) is 0 Å². The maximum Gasteiger partial charge on any atom is 0.285 e. The lowest BCUT2D eigenvalue weighted by Gasteiger charge is -2.31. The predicted molar refractivity (Wildman–Crippen MR) is 91.4 cm³/mol. The molecule has 24 heavy (non-hydrogen) atoms. The first kappa shape index (κ1) is 16.9. The molecule has 0 saturated carbocycles. The van der Waals surface area contributed by atoms with Crippen molar-refractivity contribution in [2.75, 3.05) is 20.1 Å². The number of amidine groups is 1. The summed E-state index contributed by atoms with van der Waals surface area (Å²) in [6.45, 7) is 3.09. The molecule has 1 amide bonds. The maximum absolute atomic E-state index is 12.3. The highest BCUT2D eigenvalue weighted by Gasteiger charge is 2.31. The molecule has 1 aromatic rings. The van der Waals surface area contributed by atoms with Gasteiger partial charge in [-0.25, -0.2) is 0 Å². The van der Waals surface area contributed by atoms with Crippen molar-refractivity contribution in [3.05, 3.63) is 29.8 Å². The molecule has 3 rings (SSSR count). The molecule has 2 aliphatic rings. The van der Waals surface area contributed by atoms with E-state index in [1.54, 1.807) is 30.1 Å². The third-order valence-corrected chi connectivity index (χ3v) is 5.79. The number of benzene rings is 1. The van der Waals surface area contributed by atoms with Crippen molar-refractivity contribution in [1.29, 1.82) is 0 Å². The molecular formula is C16H22N4O3S. The summed E-state index contributed by atoms with van der Waals surface area (Å²) >= 11 is 0. The summed E-state index contributed by atoms with van der Waals surface area (Å²) in [5, 5.41) is 6.36. The lowest BCUT2D eigenvalue weighted by Crippen LogP contribution is -2.53. The molecule has 0 radical (unpaired) electrons. The summed E-state index contributed by atoms with van der Waals surface area (Å²) < 4.78 is 28.0. The van der Waals surface area contributed by atoms with Gasteiger partial charge in [-0.15, -0.1) is 4.40 Å². The molecule has 2 atom stereocenters. The van der Waals surface area contributed by atoms with Gasteiger partial charge in [0.1, 0.15) is 4.90 Å². The molecule has 0 aliphatic carbocycles. The predicted octanol–water partition coefficient (Wildman–Crippen LogP) is 0.324. The molecule has 2 N–H and O–H groups in total. The molecule has 7 nitrogen and oxygen atoms in total. The molecule has 2 heterocycles. The minimum atomic E-state index is -3.67. The number of carbonyl (C=O) groups excluding carboxylic acids is 1. The van der Waals surface area contributed by atoms with E-state index in [1.807, 2.05) is 0 Å². The Morgan fingerprint density at radius 2 is 2.17 bits per heavy atom. The fraction of sp³-hybridized carbons (Fsp3) is 0.500. The zero-order valence-corrected chi connectivity index (χ0v) is 14.6. The highest BCUT2D eigenvalue weighted by molar-refractivity contribution is 7.90. The van der Waals surface area contributed by atoms with Crippen LogP contribution in [-0.2, 0) is 14.8 Å². The number of rotatable bonds is 3. The van der Waals surface area contributed by atoms with Crippen molar-refractivity contribution in [1.82, 2.24) is 15.5 Å². The Kier molecular flexibility index (Phi) is 4.60. The third-order valence-electron chi connectivity index (χ3n) is 4.46. The minimum absolute atomic E-state index is 0.0614. The second-order valence-corrected chi connectivity index (χ2v) is 7.87. The number of nitrogens with zero attached hydrogens (tertiary/aromatic N) is 2. The molecule has 2 aliphatic heterocycles. The highest BCUT2D eigenvalue weighted by Crippen LogP contribution is 2.26. The van der Waals surface area contributed by atoms with Crippen LogP contribution in [0.3, 0.4) is 0 Å². The van der Waals surface area contributed by atoms with E-state index in [2.05, 4.69) is 22.0 Å². The largest absolute Gasteiger partial charge is 0.350 e. The molecule has 1 fully saturated rings. The van der Waals surface area contributed by atoms with Gasteiger partial charge in [-0.1, -0.05) is 12.1 Å². The SMILES string of the molecule is CC1NCCCC1NC(=O)CN(C)C1=NS(=O)(=O)c2ccccc21. The van der Waals surface area contributed by atoms with Gasteiger partial charge in [0.15, 0.2) is 5.84 Å². The number of likely N-dealkylation sites (N-methyl/N-ethyl adjacent to an activating group) is 1. The van der Waals surface area contributed by atoms with Gasteiger partial charge in [0.25, 0.3) is 10.0 Å². The smallest absolute Gasteiger partial charge is 0.285 e. The number of hydrogen-bond acceptors (Lipinski definition) is 5. The summed E-state index contributed by atoms with van der Waals surface area (Å²) in [5.74, 6) is 0.179. The second kappa shape index (κ2) is 6.52. The van der Waals surface area contributed by atoms with E-state index in [-0.39, 0.29) is 29.4 Å². The summed E-state index contributed by atoms with van der Waals surface area (Å²) in [5.41, 5.74) is 0.542. The van der Waals surface area contributed by atoms with Crippen molar-refractivity contribution in [3.63, 3.8) is 0 Å². The fourth-order valence-electron chi connectivity index (χ4n) is 3.15. The van der Waals surface area contributed by atoms with Gasteiger partial charge in [0, 0.05) is 24.7 Å². The third kappa shape index (κ3) is 3.29. The topological polar surface area (TPSA) is 90.9 Å². The summed E-state index contributed by atoms with van der Waals surface area (Å²) in [7, 11) is -1.99. The summed E-state index contributed by atoms with van der Waals surface area (Å²) in [6.07, 6.45) is 1.98. The number of hydrogen-bond donors (Lipinski definition) is 2. The Morgan fingerprint density at radius 3 is 2.92 bits per heavy atom. The lowest BCUT2D eigenvalue weighted by atomic mass is 10.00. The Hall–Kier alpha value is -1.93. The van der Waals surface area contributed by atoms with Crippen molar-refractivity contribution in [3.8, 4) is 0 Å². The fourth-order valence-corrected chi connectivity index (χ4v) is 4.40. The van der Waals surface area contributed by atoms with Crippen LogP contribution in [0.2, 0.25) is 0 Å². The molecule has 130 valence electrons. The van der Waals surface area contributed by atoms with Crippen molar-refractivity contribution in [2.45, 2.75) is 36.7 Å². The highest BCUT2D eigenvalue weighted by atomic mass is 32.2. The van der Waals surface area contributed by atoms with Crippen LogP contribution >= 0.6 is 0 Å². The van der Waals surface area contributed by atoms with E-state index < -0.39 is 10.0 Å². The van der Waals surface area contributed by atoms with Crippen LogP contribution in [-0.4, -0.2) is 57.3 Å². The van der Waals surface area contributed by atoms with Crippen LogP contribution in [0, 0.1) is 0 Å². The molecule has 0 spiro atoms. The van der Waals surface area contributed by atoms with Crippen molar-refractivity contribution in [2.24, 2.45) is 4.40 Å². The average molecular weight is 350 g/mol. The van der Waals surface area contributed by atoms with E-state index >= 15 is 0 Å². The lowest BCUT2D eigenvalue weighted by molar-refractivity contribution is -0.122. The van der Waals surface area contributed by atoms with Crippen molar-refractivity contribution < 1.29 is 13.2 Å². The first-order chi connectivity index (χ1) is 11.4. The molecule has 1 saturated heterocycles. The number of piperidine rings is 1. The van der Waals surface area contributed by atoms with Gasteiger partial charge in [-0.3, -0.25) is 4.79 Å². The number of amides is 1. The van der Waals surface area contributed by atoms with Crippen LogP contribution in [0.5, 0.6) is 0 Å². The van der Waals surface area contributed by atoms with Gasteiger partial charge < -0.3 is 15.5 Å². The van der Waals surface area contributed by atoms with Crippen LogP contribution in [0.25, 0.3) is 0 Å². The number of sulfonamides is 1. The molecule has 0 aromatic heterocycles. The van der Waals surface area contributed by atoms with Gasteiger partial charge in [-0.2, -0.15) is 8.42 Å². The zero-order chi connectivity index (χ0) is 17.3. The van der Waals surface area contributed by atoms with E-state index in [0.717, 1.165) is 19.4 Å². The van der Waals surface area contributed by atoms with Gasteiger partial charge >= 0.3 is 0 Å². The summed E-state index contributed by atoms with van der Waals surface area (Å²) in [6, 6.07) is 7.00.